The van der Waals surface area contributed by atoms with Crippen molar-refractivity contribution >= 4 is 16.6 Å². The van der Waals surface area contributed by atoms with Crippen LogP contribution in [0.3, 0.4) is 0 Å². The topological polar surface area (TPSA) is 59.3 Å². The van der Waals surface area contributed by atoms with Crippen LogP contribution in [-0.2, 0) is 19.2 Å². The van der Waals surface area contributed by atoms with E-state index in [4.69, 9.17) is 4.74 Å². The highest BCUT2D eigenvalue weighted by atomic mass is 19.4. The maximum Gasteiger partial charge on any atom is 0.433 e. The molecule has 1 saturated heterocycles. The maximum absolute atomic E-state index is 13.1. The monoisotopic (exact) mass is 494 g/mol. The summed E-state index contributed by atoms with van der Waals surface area (Å²) in [6, 6.07) is 14.2. The van der Waals surface area contributed by atoms with Crippen LogP contribution in [0, 0.1) is 6.92 Å². The highest BCUT2D eigenvalue weighted by Gasteiger charge is 2.32. The molecule has 7 nitrogen and oxygen atoms in total. The van der Waals surface area contributed by atoms with E-state index in [1.54, 1.807) is 12.1 Å². The van der Waals surface area contributed by atoms with Crippen LogP contribution in [0.25, 0.3) is 16.6 Å². The Morgan fingerprint density at radius 1 is 0.917 bits per heavy atom. The van der Waals surface area contributed by atoms with E-state index in [1.807, 2.05) is 25.1 Å². The molecule has 0 unspecified atom stereocenters. The van der Waals surface area contributed by atoms with E-state index in [0.29, 0.717) is 12.1 Å². The summed E-state index contributed by atoms with van der Waals surface area (Å²) in [5.41, 5.74) is 2.58. The van der Waals surface area contributed by atoms with E-state index >= 15 is 0 Å². The molecule has 2 aromatic carbocycles. The Kier molecular flexibility index (Phi) is 5.55. The summed E-state index contributed by atoms with van der Waals surface area (Å²) < 4.78 is 47.3. The summed E-state index contributed by atoms with van der Waals surface area (Å²) in [6.45, 7) is 6.59. The Balaban J connectivity index is 1.13. The second-order valence-corrected chi connectivity index (χ2v) is 9.17. The molecular weight excluding hydrogens is 469 g/mol. The van der Waals surface area contributed by atoms with Gasteiger partial charge in [-0.25, -0.2) is 4.98 Å². The normalized spacial score (nSPS) is 16.1. The van der Waals surface area contributed by atoms with Crippen molar-refractivity contribution in [1.82, 2.24) is 24.6 Å². The predicted molar refractivity (Wildman–Crippen MR) is 130 cm³/mol. The predicted octanol–water partition coefficient (Wildman–Crippen LogP) is 4.40. The number of aromatic nitrogens is 4. The van der Waals surface area contributed by atoms with Crippen LogP contribution >= 0.6 is 0 Å². The Labute approximate surface area is 206 Å². The van der Waals surface area contributed by atoms with E-state index in [9.17, 15) is 13.2 Å². The zero-order valence-electron chi connectivity index (χ0n) is 19.8. The summed E-state index contributed by atoms with van der Waals surface area (Å²) in [5, 5.41) is 9.12. The highest BCUT2D eigenvalue weighted by Crippen LogP contribution is 2.35. The van der Waals surface area contributed by atoms with E-state index in [2.05, 4.69) is 35.6 Å². The van der Waals surface area contributed by atoms with Gasteiger partial charge in [-0.3, -0.25) is 9.47 Å². The molecule has 0 bridgehead atoms. The minimum atomic E-state index is -4.45. The van der Waals surface area contributed by atoms with Gasteiger partial charge in [-0.15, -0.1) is 10.2 Å². The van der Waals surface area contributed by atoms with Gasteiger partial charge >= 0.3 is 6.18 Å². The average molecular weight is 495 g/mol. The fourth-order valence-corrected chi connectivity index (χ4v) is 5.12. The van der Waals surface area contributed by atoms with Gasteiger partial charge in [-0.2, -0.15) is 13.2 Å². The molecule has 0 saturated carbocycles. The summed E-state index contributed by atoms with van der Waals surface area (Å²) in [7, 11) is 0. The van der Waals surface area contributed by atoms with E-state index in [0.717, 1.165) is 84.9 Å². The Bertz CT molecular complexity index is 1430. The number of anilines is 1. The first-order valence-electron chi connectivity index (χ1n) is 12.0. The number of aryl methyl sites for hydroxylation is 1. The average Bonchev–Trinajstić information content (AvgIpc) is 3.27. The molecule has 4 aromatic rings. The third-order valence-electron chi connectivity index (χ3n) is 6.96. The number of hydrogen-bond donors (Lipinski definition) is 0. The lowest BCUT2D eigenvalue weighted by atomic mass is 10.1. The van der Waals surface area contributed by atoms with Crippen molar-refractivity contribution in [2.24, 2.45) is 0 Å². The fraction of sp³-hybridized carbons (Fsp3) is 0.346. The molecule has 0 N–H and O–H groups in total. The van der Waals surface area contributed by atoms with Crippen molar-refractivity contribution in [3.8, 4) is 11.4 Å². The van der Waals surface area contributed by atoms with Gasteiger partial charge in [0.15, 0.2) is 5.82 Å². The van der Waals surface area contributed by atoms with Gasteiger partial charge < -0.3 is 9.64 Å². The lowest BCUT2D eigenvalue weighted by Crippen LogP contribution is -2.47. The second-order valence-electron chi connectivity index (χ2n) is 9.17. The number of ether oxygens (including phenoxy) is 1. The molecule has 2 aliphatic rings. The molecule has 2 aromatic heterocycles. The van der Waals surface area contributed by atoms with Gasteiger partial charge in [-0.05, 0) is 49.2 Å². The fourth-order valence-electron chi connectivity index (χ4n) is 5.12. The number of rotatable bonds is 4. The van der Waals surface area contributed by atoms with E-state index < -0.39 is 11.9 Å². The number of halogens is 3. The first-order valence-corrected chi connectivity index (χ1v) is 12.0. The van der Waals surface area contributed by atoms with Crippen molar-refractivity contribution in [1.29, 1.82) is 0 Å². The van der Waals surface area contributed by atoms with Crippen LogP contribution in [-0.4, -0.2) is 57.4 Å². The molecule has 6 rings (SSSR count). The first-order chi connectivity index (χ1) is 17.4. The zero-order chi connectivity index (χ0) is 24.9. The smallest absolute Gasteiger partial charge is 0.433 e. The van der Waals surface area contributed by atoms with Gasteiger partial charge in [-0.1, -0.05) is 18.2 Å². The largest absolute Gasteiger partial charge is 0.483 e. The summed E-state index contributed by atoms with van der Waals surface area (Å²) in [4.78, 5) is 8.50. The first kappa shape index (κ1) is 22.8. The summed E-state index contributed by atoms with van der Waals surface area (Å²) >= 11 is 0. The minimum Gasteiger partial charge on any atom is -0.483 e. The summed E-state index contributed by atoms with van der Waals surface area (Å²) in [6.07, 6.45) is -3.59. The molecule has 4 heterocycles. The molecule has 186 valence electrons. The van der Waals surface area contributed by atoms with Crippen molar-refractivity contribution < 1.29 is 17.9 Å². The third-order valence-corrected chi connectivity index (χ3v) is 6.96. The van der Waals surface area contributed by atoms with Gasteiger partial charge in [0.2, 0.25) is 0 Å². The molecule has 10 heteroatoms. The van der Waals surface area contributed by atoms with E-state index in [-0.39, 0.29) is 0 Å². The Morgan fingerprint density at radius 2 is 1.69 bits per heavy atom. The van der Waals surface area contributed by atoms with Crippen molar-refractivity contribution in [2.45, 2.75) is 26.1 Å². The number of alkyl halides is 3. The molecule has 0 spiro atoms. The number of piperazine rings is 1. The van der Waals surface area contributed by atoms with Gasteiger partial charge in [0.05, 0.1) is 11.2 Å². The highest BCUT2D eigenvalue weighted by molar-refractivity contribution is 5.92. The molecule has 0 atom stereocenters. The standard InChI is InChI=1S/C26H25F3N6O/c1-17-31-32-24-16-36-25-18(4-2-7-22(25)35(17)24)10-11-33-12-14-34(15-13-33)21-6-3-5-20-19(21)8-9-23(30-20)26(27,28)29/h2-9H,10-16H2,1H3. The Morgan fingerprint density at radius 3 is 2.50 bits per heavy atom. The number of nitrogens with zero attached hydrogens (tertiary/aromatic N) is 6. The van der Waals surface area contributed by atoms with E-state index in [1.165, 1.54) is 6.07 Å². The van der Waals surface area contributed by atoms with Crippen molar-refractivity contribution in [2.75, 3.05) is 37.6 Å². The summed E-state index contributed by atoms with van der Waals surface area (Å²) in [5.74, 6) is 2.56. The van der Waals surface area contributed by atoms with Gasteiger partial charge in [0.25, 0.3) is 0 Å². The lowest BCUT2D eigenvalue weighted by Gasteiger charge is -2.36. The molecule has 36 heavy (non-hydrogen) atoms. The quantitative estimate of drug-likeness (QED) is 0.419. The van der Waals surface area contributed by atoms with Crippen LogP contribution in [0.1, 0.15) is 22.9 Å². The molecule has 0 amide bonds. The van der Waals surface area contributed by atoms with Crippen LogP contribution in [0.5, 0.6) is 5.75 Å². The molecule has 2 aliphatic heterocycles. The number of benzene rings is 2. The van der Waals surface area contributed by atoms with Gasteiger partial charge in [0, 0.05) is 43.8 Å². The van der Waals surface area contributed by atoms with Crippen LogP contribution in [0.4, 0.5) is 18.9 Å². The van der Waals surface area contributed by atoms with Crippen LogP contribution < -0.4 is 9.64 Å². The molecule has 0 radical (unpaired) electrons. The van der Waals surface area contributed by atoms with Crippen LogP contribution in [0.2, 0.25) is 0 Å². The Hall–Kier alpha value is -3.66. The van der Waals surface area contributed by atoms with Gasteiger partial charge in [0.1, 0.15) is 23.9 Å². The third kappa shape index (κ3) is 4.05. The number of para-hydroxylation sites is 1. The molecule has 0 aliphatic carbocycles. The van der Waals surface area contributed by atoms with Crippen molar-refractivity contribution in [3.05, 3.63) is 71.4 Å². The maximum atomic E-state index is 13.1. The van der Waals surface area contributed by atoms with Crippen molar-refractivity contribution in [3.63, 3.8) is 0 Å². The second kappa shape index (κ2) is 8.77. The SMILES string of the molecule is Cc1nnc2n1-c1cccc(CCN3CCN(c4cccc5nc(C(F)(F)F)ccc45)CC3)c1OC2. The number of fused-ring (bicyclic) bond motifs is 4. The number of hydrogen-bond acceptors (Lipinski definition) is 6. The van der Waals surface area contributed by atoms with Crippen LogP contribution in [0.15, 0.2) is 48.5 Å². The number of pyridine rings is 1. The molecular formula is C26H25F3N6O. The zero-order valence-corrected chi connectivity index (χ0v) is 19.8. The lowest BCUT2D eigenvalue weighted by molar-refractivity contribution is -0.140. The molecule has 1 fully saturated rings. The minimum absolute atomic E-state index is 0.366.